The predicted octanol–water partition coefficient (Wildman–Crippen LogP) is 3.65. The number of halogens is 2. The van der Waals surface area contributed by atoms with Gasteiger partial charge in [0.15, 0.2) is 0 Å². The Morgan fingerprint density at radius 1 is 1.06 bits per heavy atom. The van der Waals surface area contributed by atoms with Gasteiger partial charge in [0.25, 0.3) is 0 Å². The SMILES string of the molecule is Cc1cccc(O)c1-c1ccc(F)cc1F. The third-order valence-electron chi connectivity index (χ3n) is 2.45. The minimum atomic E-state index is -0.676. The molecule has 0 heterocycles. The van der Waals surface area contributed by atoms with Crippen molar-refractivity contribution in [1.29, 1.82) is 0 Å². The maximum absolute atomic E-state index is 13.5. The third kappa shape index (κ3) is 1.76. The number of aromatic hydroxyl groups is 1. The first-order valence-electron chi connectivity index (χ1n) is 4.83. The van der Waals surface area contributed by atoms with Gasteiger partial charge in [0, 0.05) is 17.2 Å². The van der Waals surface area contributed by atoms with Crippen molar-refractivity contribution in [1.82, 2.24) is 0 Å². The molecule has 2 aromatic rings. The Bertz CT molecular complexity index is 515. The average molecular weight is 220 g/mol. The summed E-state index contributed by atoms with van der Waals surface area (Å²) in [6.45, 7) is 1.76. The summed E-state index contributed by atoms with van der Waals surface area (Å²) in [4.78, 5) is 0. The van der Waals surface area contributed by atoms with Gasteiger partial charge in [-0.05, 0) is 30.7 Å². The number of hydrogen-bond acceptors (Lipinski definition) is 1. The van der Waals surface area contributed by atoms with Crippen molar-refractivity contribution in [2.75, 3.05) is 0 Å². The number of aryl methyl sites for hydroxylation is 1. The largest absolute Gasteiger partial charge is 0.507 e. The van der Waals surface area contributed by atoms with E-state index in [4.69, 9.17) is 0 Å². The summed E-state index contributed by atoms with van der Waals surface area (Å²) in [5, 5.41) is 9.68. The first kappa shape index (κ1) is 10.6. The molecule has 0 aliphatic heterocycles. The number of benzene rings is 2. The van der Waals surface area contributed by atoms with Crippen LogP contribution >= 0.6 is 0 Å². The maximum Gasteiger partial charge on any atom is 0.134 e. The van der Waals surface area contributed by atoms with E-state index in [9.17, 15) is 13.9 Å². The molecule has 0 saturated carbocycles. The second kappa shape index (κ2) is 3.93. The van der Waals surface area contributed by atoms with E-state index in [1.165, 1.54) is 18.2 Å². The molecule has 0 spiro atoms. The Kier molecular flexibility index (Phi) is 2.60. The first-order valence-corrected chi connectivity index (χ1v) is 4.83. The highest BCUT2D eigenvalue weighted by Crippen LogP contribution is 2.33. The monoisotopic (exact) mass is 220 g/mol. The zero-order valence-corrected chi connectivity index (χ0v) is 8.67. The van der Waals surface area contributed by atoms with E-state index in [1.807, 2.05) is 0 Å². The summed E-state index contributed by atoms with van der Waals surface area (Å²) < 4.78 is 26.3. The number of hydrogen-bond donors (Lipinski definition) is 1. The molecule has 0 radical (unpaired) electrons. The second-order valence-corrected chi connectivity index (χ2v) is 3.59. The Labute approximate surface area is 92.0 Å². The molecule has 0 bridgehead atoms. The highest BCUT2D eigenvalue weighted by Gasteiger charge is 2.12. The molecular formula is C13H10F2O. The van der Waals surface area contributed by atoms with Crippen molar-refractivity contribution in [3.05, 3.63) is 53.6 Å². The van der Waals surface area contributed by atoms with Crippen LogP contribution in [0.2, 0.25) is 0 Å². The van der Waals surface area contributed by atoms with Crippen molar-refractivity contribution in [3.8, 4) is 16.9 Å². The molecule has 0 unspecified atom stereocenters. The van der Waals surface area contributed by atoms with Crippen molar-refractivity contribution >= 4 is 0 Å². The van der Waals surface area contributed by atoms with Gasteiger partial charge in [-0.15, -0.1) is 0 Å². The molecular weight excluding hydrogens is 210 g/mol. The molecule has 0 aliphatic carbocycles. The maximum atomic E-state index is 13.5. The lowest BCUT2D eigenvalue weighted by Gasteiger charge is -2.09. The van der Waals surface area contributed by atoms with Crippen molar-refractivity contribution in [3.63, 3.8) is 0 Å². The molecule has 16 heavy (non-hydrogen) atoms. The zero-order chi connectivity index (χ0) is 11.7. The molecule has 0 atom stereocenters. The fourth-order valence-electron chi connectivity index (χ4n) is 1.69. The molecule has 2 rings (SSSR count). The van der Waals surface area contributed by atoms with Crippen LogP contribution in [0.3, 0.4) is 0 Å². The molecule has 82 valence electrons. The fraction of sp³-hybridized carbons (Fsp3) is 0.0769. The summed E-state index contributed by atoms with van der Waals surface area (Å²) in [6, 6.07) is 8.22. The first-order chi connectivity index (χ1) is 7.59. The van der Waals surface area contributed by atoms with Gasteiger partial charge in [0.1, 0.15) is 17.4 Å². The fourth-order valence-corrected chi connectivity index (χ4v) is 1.69. The third-order valence-corrected chi connectivity index (χ3v) is 2.45. The van der Waals surface area contributed by atoms with Crippen LogP contribution in [0, 0.1) is 18.6 Å². The normalized spacial score (nSPS) is 10.4. The number of rotatable bonds is 1. The molecule has 0 saturated heterocycles. The van der Waals surface area contributed by atoms with Gasteiger partial charge in [0.2, 0.25) is 0 Å². The lowest BCUT2D eigenvalue weighted by Crippen LogP contribution is -1.89. The standard InChI is InChI=1S/C13H10F2O/c1-8-3-2-4-12(16)13(8)10-6-5-9(14)7-11(10)15/h2-7,16H,1H3. The molecule has 0 aliphatic rings. The van der Waals surface area contributed by atoms with Crippen LogP contribution in [0.15, 0.2) is 36.4 Å². The number of phenolic OH excluding ortho intramolecular Hbond substituents is 1. The summed E-state index contributed by atoms with van der Waals surface area (Å²) in [6.07, 6.45) is 0. The van der Waals surface area contributed by atoms with E-state index < -0.39 is 11.6 Å². The average Bonchev–Trinajstić information content (AvgIpc) is 2.20. The summed E-state index contributed by atoms with van der Waals surface area (Å²) >= 11 is 0. The Morgan fingerprint density at radius 3 is 2.44 bits per heavy atom. The molecule has 0 fully saturated rings. The highest BCUT2D eigenvalue weighted by molar-refractivity contribution is 5.73. The lowest BCUT2D eigenvalue weighted by atomic mass is 9.99. The van der Waals surface area contributed by atoms with E-state index >= 15 is 0 Å². The van der Waals surface area contributed by atoms with Crippen LogP contribution in [0.5, 0.6) is 5.75 Å². The predicted molar refractivity (Wildman–Crippen MR) is 58.2 cm³/mol. The Balaban J connectivity index is 2.68. The molecule has 1 N–H and O–H groups in total. The molecule has 0 aromatic heterocycles. The van der Waals surface area contributed by atoms with Crippen LogP contribution in [0.25, 0.3) is 11.1 Å². The summed E-state index contributed by atoms with van der Waals surface area (Å²) in [5.41, 5.74) is 1.35. The molecule has 0 amide bonds. The Morgan fingerprint density at radius 2 is 1.81 bits per heavy atom. The lowest BCUT2D eigenvalue weighted by molar-refractivity contribution is 0.476. The molecule has 3 heteroatoms. The van der Waals surface area contributed by atoms with E-state index in [2.05, 4.69) is 0 Å². The summed E-state index contributed by atoms with van der Waals surface area (Å²) in [5.74, 6) is -1.32. The quantitative estimate of drug-likeness (QED) is 0.777. The number of phenols is 1. The van der Waals surface area contributed by atoms with E-state index in [0.717, 1.165) is 11.6 Å². The molecule has 1 nitrogen and oxygen atoms in total. The van der Waals surface area contributed by atoms with Crippen molar-refractivity contribution in [2.24, 2.45) is 0 Å². The van der Waals surface area contributed by atoms with E-state index in [1.54, 1.807) is 19.1 Å². The van der Waals surface area contributed by atoms with Gasteiger partial charge in [-0.1, -0.05) is 12.1 Å². The van der Waals surface area contributed by atoms with Gasteiger partial charge < -0.3 is 5.11 Å². The van der Waals surface area contributed by atoms with Gasteiger partial charge in [-0.2, -0.15) is 0 Å². The topological polar surface area (TPSA) is 20.2 Å². The minimum Gasteiger partial charge on any atom is -0.507 e. The summed E-state index contributed by atoms with van der Waals surface area (Å²) in [7, 11) is 0. The van der Waals surface area contributed by atoms with Crippen LogP contribution in [0.4, 0.5) is 8.78 Å². The smallest absolute Gasteiger partial charge is 0.134 e. The second-order valence-electron chi connectivity index (χ2n) is 3.59. The van der Waals surface area contributed by atoms with Crippen LogP contribution in [-0.4, -0.2) is 5.11 Å². The van der Waals surface area contributed by atoms with Crippen LogP contribution < -0.4 is 0 Å². The van der Waals surface area contributed by atoms with Gasteiger partial charge in [-0.25, -0.2) is 8.78 Å². The van der Waals surface area contributed by atoms with Crippen LogP contribution in [-0.2, 0) is 0 Å². The zero-order valence-electron chi connectivity index (χ0n) is 8.67. The van der Waals surface area contributed by atoms with Crippen molar-refractivity contribution < 1.29 is 13.9 Å². The molecule has 2 aromatic carbocycles. The van der Waals surface area contributed by atoms with Gasteiger partial charge in [-0.3, -0.25) is 0 Å². The van der Waals surface area contributed by atoms with E-state index in [-0.39, 0.29) is 11.3 Å². The highest BCUT2D eigenvalue weighted by atomic mass is 19.1. The Hall–Kier alpha value is -1.90. The van der Waals surface area contributed by atoms with Crippen molar-refractivity contribution in [2.45, 2.75) is 6.92 Å². The minimum absolute atomic E-state index is 0.00879. The van der Waals surface area contributed by atoms with Gasteiger partial charge >= 0.3 is 0 Å². The van der Waals surface area contributed by atoms with Crippen LogP contribution in [0.1, 0.15) is 5.56 Å². The van der Waals surface area contributed by atoms with E-state index in [0.29, 0.717) is 5.56 Å². The van der Waals surface area contributed by atoms with Gasteiger partial charge in [0.05, 0.1) is 0 Å².